The minimum atomic E-state index is -0.152. The minimum absolute atomic E-state index is 0.152. The molecule has 0 fully saturated rings. The second kappa shape index (κ2) is 10.7. The van der Waals surface area contributed by atoms with E-state index in [1.54, 1.807) is 4.90 Å². The van der Waals surface area contributed by atoms with Crippen molar-refractivity contribution in [2.45, 2.75) is 33.4 Å². The highest BCUT2D eigenvalue weighted by Crippen LogP contribution is 2.32. The van der Waals surface area contributed by atoms with Crippen LogP contribution in [0, 0.1) is 13.8 Å². The zero-order chi connectivity index (χ0) is 25.8. The first kappa shape index (κ1) is 24.3. The standard InChI is InChI=1S/C30H31N5O2/c1-21-12-14-24(15-13-21)31-30(36)35-17-16-27-26(20-35)28(37-25-11-7-8-22(2)18-25)33-29(32-27)34(3)19-23-9-5-4-6-10-23/h4-15,18H,16-17,19-20H2,1-3H3,(H,31,36). The topological polar surface area (TPSA) is 70.6 Å². The van der Waals surface area contributed by atoms with Gasteiger partial charge in [0.05, 0.1) is 17.8 Å². The highest BCUT2D eigenvalue weighted by atomic mass is 16.5. The Labute approximate surface area is 217 Å². The van der Waals surface area contributed by atoms with Crippen molar-refractivity contribution < 1.29 is 9.53 Å². The van der Waals surface area contributed by atoms with Gasteiger partial charge in [-0.05, 0) is 49.2 Å². The van der Waals surface area contributed by atoms with Crippen LogP contribution in [0.2, 0.25) is 0 Å². The molecule has 7 nitrogen and oxygen atoms in total. The average molecular weight is 494 g/mol. The summed E-state index contributed by atoms with van der Waals surface area (Å²) in [4.78, 5) is 26.6. The summed E-state index contributed by atoms with van der Waals surface area (Å²) in [7, 11) is 1.98. The number of nitrogens with one attached hydrogen (secondary N) is 1. The molecule has 2 amide bonds. The third-order valence-corrected chi connectivity index (χ3v) is 6.41. The summed E-state index contributed by atoms with van der Waals surface area (Å²) < 4.78 is 6.32. The number of rotatable bonds is 6. The van der Waals surface area contributed by atoms with Gasteiger partial charge in [-0.3, -0.25) is 0 Å². The lowest BCUT2D eigenvalue weighted by molar-refractivity contribution is 0.205. The van der Waals surface area contributed by atoms with Gasteiger partial charge in [0.1, 0.15) is 5.75 Å². The van der Waals surface area contributed by atoms with Crippen LogP contribution in [0.1, 0.15) is 27.9 Å². The van der Waals surface area contributed by atoms with Gasteiger partial charge in [0, 0.05) is 32.2 Å². The highest BCUT2D eigenvalue weighted by molar-refractivity contribution is 5.89. The summed E-state index contributed by atoms with van der Waals surface area (Å²) in [5, 5.41) is 3.00. The van der Waals surface area contributed by atoms with E-state index in [-0.39, 0.29) is 6.03 Å². The summed E-state index contributed by atoms with van der Waals surface area (Å²) in [5.41, 5.74) is 5.93. The molecule has 37 heavy (non-hydrogen) atoms. The van der Waals surface area contributed by atoms with Gasteiger partial charge < -0.3 is 19.9 Å². The number of hydrogen-bond donors (Lipinski definition) is 1. The number of fused-ring (bicyclic) bond motifs is 1. The van der Waals surface area contributed by atoms with E-state index in [9.17, 15) is 4.79 Å². The Balaban J connectivity index is 1.42. The predicted octanol–water partition coefficient (Wildman–Crippen LogP) is 6.11. The Bertz CT molecular complexity index is 1390. The van der Waals surface area contributed by atoms with Crippen LogP contribution in [0.4, 0.5) is 16.4 Å². The number of benzene rings is 3. The van der Waals surface area contributed by atoms with Crippen LogP contribution in [0.25, 0.3) is 0 Å². The molecule has 1 aliphatic rings. The molecule has 0 saturated heterocycles. The fraction of sp³-hybridized carbons (Fsp3) is 0.233. The van der Waals surface area contributed by atoms with Crippen molar-refractivity contribution in [1.82, 2.24) is 14.9 Å². The van der Waals surface area contributed by atoms with Gasteiger partial charge in [-0.1, -0.05) is 60.2 Å². The molecule has 2 heterocycles. The lowest BCUT2D eigenvalue weighted by Gasteiger charge is -2.30. The summed E-state index contributed by atoms with van der Waals surface area (Å²) in [6.07, 6.45) is 0.621. The van der Waals surface area contributed by atoms with Crippen LogP contribution < -0.4 is 15.0 Å². The van der Waals surface area contributed by atoms with E-state index in [4.69, 9.17) is 14.7 Å². The molecule has 1 aliphatic heterocycles. The monoisotopic (exact) mass is 493 g/mol. The number of nitrogens with zero attached hydrogens (tertiary/aromatic N) is 4. The van der Waals surface area contributed by atoms with Crippen molar-refractivity contribution >= 4 is 17.7 Å². The van der Waals surface area contributed by atoms with Crippen molar-refractivity contribution in [2.24, 2.45) is 0 Å². The molecule has 0 bridgehead atoms. The van der Waals surface area contributed by atoms with Gasteiger partial charge in [-0.25, -0.2) is 9.78 Å². The molecule has 5 rings (SSSR count). The van der Waals surface area contributed by atoms with E-state index in [2.05, 4.69) is 17.4 Å². The zero-order valence-corrected chi connectivity index (χ0v) is 21.4. The zero-order valence-electron chi connectivity index (χ0n) is 21.4. The van der Waals surface area contributed by atoms with Gasteiger partial charge in [0.2, 0.25) is 11.8 Å². The van der Waals surface area contributed by atoms with Gasteiger partial charge in [-0.15, -0.1) is 0 Å². The Morgan fingerprint density at radius 3 is 2.51 bits per heavy atom. The second-order valence-corrected chi connectivity index (χ2v) is 9.48. The van der Waals surface area contributed by atoms with Gasteiger partial charge >= 0.3 is 6.03 Å². The number of ether oxygens (including phenoxy) is 1. The Morgan fingerprint density at radius 1 is 0.973 bits per heavy atom. The van der Waals surface area contributed by atoms with Crippen LogP contribution in [-0.2, 0) is 19.5 Å². The van der Waals surface area contributed by atoms with Crippen LogP contribution in [0.5, 0.6) is 11.6 Å². The molecule has 4 aromatic rings. The molecular formula is C30H31N5O2. The molecule has 0 atom stereocenters. The van der Waals surface area contributed by atoms with Crippen molar-refractivity contribution in [1.29, 1.82) is 0 Å². The minimum Gasteiger partial charge on any atom is -0.438 e. The summed E-state index contributed by atoms with van der Waals surface area (Å²) in [6.45, 7) is 5.66. The summed E-state index contributed by atoms with van der Waals surface area (Å²) in [6, 6.07) is 25.8. The first-order valence-electron chi connectivity index (χ1n) is 12.5. The van der Waals surface area contributed by atoms with Crippen molar-refractivity contribution in [3.05, 3.63) is 107 Å². The van der Waals surface area contributed by atoms with Gasteiger partial charge in [0.15, 0.2) is 0 Å². The fourth-order valence-electron chi connectivity index (χ4n) is 4.36. The van der Waals surface area contributed by atoms with E-state index in [1.165, 1.54) is 5.56 Å². The third kappa shape index (κ3) is 5.89. The number of carbonyl (C=O) groups excluding carboxylic acids is 1. The van der Waals surface area contributed by atoms with E-state index in [0.29, 0.717) is 43.6 Å². The number of aromatic nitrogens is 2. The first-order valence-corrected chi connectivity index (χ1v) is 12.5. The Kier molecular flexibility index (Phi) is 7.03. The van der Waals surface area contributed by atoms with Crippen molar-refractivity contribution in [3.63, 3.8) is 0 Å². The summed E-state index contributed by atoms with van der Waals surface area (Å²) >= 11 is 0. The molecule has 188 valence electrons. The van der Waals surface area contributed by atoms with Crippen molar-refractivity contribution in [2.75, 3.05) is 23.8 Å². The molecule has 0 aliphatic carbocycles. The molecule has 3 aromatic carbocycles. The van der Waals surface area contributed by atoms with Crippen LogP contribution in [0.3, 0.4) is 0 Å². The average Bonchev–Trinajstić information content (AvgIpc) is 2.90. The maximum atomic E-state index is 13.1. The fourth-order valence-corrected chi connectivity index (χ4v) is 4.36. The molecule has 0 unspecified atom stereocenters. The number of aryl methyl sites for hydroxylation is 2. The number of urea groups is 1. The van der Waals surface area contributed by atoms with Crippen LogP contribution in [-0.4, -0.2) is 34.5 Å². The summed E-state index contributed by atoms with van der Waals surface area (Å²) in [5.74, 6) is 1.79. The smallest absolute Gasteiger partial charge is 0.322 e. The molecule has 7 heteroatoms. The number of anilines is 2. The van der Waals surface area contributed by atoms with Crippen molar-refractivity contribution in [3.8, 4) is 11.6 Å². The molecule has 0 radical (unpaired) electrons. The SMILES string of the molecule is Cc1ccc(NC(=O)N2CCc3nc(N(C)Cc4ccccc4)nc(Oc4cccc(C)c4)c3C2)cc1. The Hall–Kier alpha value is -4.39. The number of carbonyl (C=O) groups is 1. The molecule has 0 spiro atoms. The largest absolute Gasteiger partial charge is 0.438 e. The quantitative estimate of drug-likeness (QED) is 0.351. The molecule has 1 aromatic heterocycles. The lowest BCUT2D eigenvalue weighted by Crippen LogP contribution is -2.39. The number of amides is 2. The maximum Gasteiger partial charge on any atom is 0.322 e. The molecular weight excluding hydrogens is 462 g/mol. The van der Waals surface area contributed by atoms with E-state index in [0.717, 1.165) is 28.1 Å². The highest BCUT2D eigenvalue weighted by Gasteiger charge is 2.27. The normalized spacial score (nSPS) is 12.6. The third-order valence-electron chi connectivity index (χ3n) is 6.41. The predicted molar refractivity (Wildman–Crippen MR) is 146 cm³/mol. The first-order chi connectivity index (χ1) is 17.9. The van der Waals surface area contributed by atoms with Gasteiger partial charge in [-0.2, -0.15) is 4.98 Å². The Morgan fingerprint density at radius 2 is 1.76 bits per heavy atom. The molecule has 0 saturated carbocycles. The van der Waals surface area contributed by atoms with E-state index in [1.807, 2.05) is 92.5 Å². The van der Waals surface area contributed by atoms with Crippen LogP contribution in [0.15, 0.2) is 78.9 Å². The number of hydrogen-bond acceptors (Lipinski definition) is 5. The van der Waals surface area contributed by atoms with Gasteiger partial charge in [0.25, 0.3) is 0 Å². The molecule has 1 N–H and O–H groups in total. The maximum absolute atomic E-state index is 13.1. The van der Waals surface area contributed by atoms with Crippen LogP contribution >= 0.6 is 0 Å². The lowest BCUT2D eigenvalue weighted by atomic mass is 10.1. The van der Waals surface area contributed by atoms with E-state index < -0.39 is 0 Å². The van der Waals surface area contributed by atoms with E-state index >= 15 is 0 Å². The second-order valence-electron chi connectivity index (χ2n) is 9.48.